The van der Waals surface area contributed by atoms with E-state index in [1.54, 1.807) is 17.0 Å². The van der Waals surface area contributed by atoms with E-state index in [1.807, 2.05) is 13.8 Å². The first-order valence-electron chi connectivity index (χ1n) is 6.15. The van der Waals surface area contributed by atoms with Crippen molar-refractivity contribution in [1.29, 1.82) is 0 Å². The minimum atomic E-state index is -0.398. The van der Waals surface area contributed by atoms with Crippen LogP contribution in [0.2, 0.25) is 0 Å². The molecule has 0 spiro atoms. The van der Waals surface area contributed by atoms with Gasteiger partial charge in [-0.25, -0.2) is 4.39 Å². The Balaban J connectivity index is 2.49. The molecule has 1 rings (SSSR count). The fourth-order valence-electron chi connectivity index (χ4n) is 1.76. The molecule has 1 aromatic carbocycles. The molecule has 18 heavy (non-hydrogen) atoms. The van der Waals surface area contributed by atoms with E-state index < -0.39 is 5.82 Å². The van der Waals surface area contributed by atoms with Crippen LogP contribution in [0.15, 0.2) is 18.2 Å². The van der Waals surface area contributed by atoms with E-state index in [4.69, 9.17) is 5.73 Å². The Morgan fingerprint density at radius 2 is 2.06 bits per heavy atom. The number of benzene rings is 1. The van der Waals surface area contributed by atoms with Crippen LogP contribution in [0.25, 0.3) is 0 Å². The van der Waals surface area contributed by atoms with Gasteiger partial charge in [0.15, 0.2) is 0 Å². The number of para-hydroxylation sites is 1. The molecular formula is C13H20FN3O. The molecule has 3 N–H and O–H groups in total. The number of nitrogens with zero attached hydrogens (tertiary/aromatic N) is 1. The van der Waals surface area contributed by atoms with Crippen LogP contribution in [0.5, 0.6) is 0 Å². The molecule has 0 aromatic heterocycles. The molecule has 0 fully saturated rings. The SMILES string of the molecule is CCN(CC)C(=O)CCNc1c(N)cccc1F. The number of nitrogen functional groups attached to an aromatic ring is 1. The Morgan fingerprint density at radius 3 is 2.61 bits per heavy atom. The van der Waals surface area contributed by atoms with Gasteiger partial charge in [-0.3, -0.25) is 4.79 Å². The van der Waals surface area contributed by atoms with Crippen LogP contribution >= 0.6 is 0 Å². The molecule has 4 nitrogen and oxygen atoms in total. The molecule has 0 saturated heterocycles. The van der Waals surface area contributed by atoms with Crippen LogP contribution < -0.4 is 11.1 Å². The molecule has 1 aromatic rings. The number of nitrogens with one attached hydrogen (secondary N) is 1. The van der Waals surface area contributed by atoms with Crippen molar-refractivity contribution in [2.24, 2.45) is 0 Å². The number of hydrogen-bond donors (Lipinski definition) is 2. The minimum Gasteiger partial charge on any atom is -0.397 e. The van der Waals surface area contributed by atoms with E-state index in [2.05, 4.69) is 5.32 Å². The number of carbonyl (C=O) groups is 1. The Kier molecular flexibility index (Phi) is 5.42. The van der Waals surface area contributed by atoms with E-state index in [-0.39, 0.29) is 11.6 Å². The van der Waals surface area contributed by atoms with Gasteiger partial charge in [0.1, 0.15) is 5.82 Å². The second-order valence-corrected chi connectivity index (χ2v) is 3.95. The van der Waals surface area contributed by atoms with Gasteiger partial charge in [0.2, 0.25) is 5.91 Å². The summed E-state index contributed by atoms with van der Waals surface area (Å²) in [5.74, 6) is -0.340. The van der Waals surface area contributed by atoms with Crippen molar-refractivity contribution in [3.05, 3.63) is 24.0 Å². The number of anilines is 2. The molecule has 0 radical (unpaired) electrons. The highest BCUT2D eigenvalue weighted by Gasteiger charge is 2.10. The first-order chi connectivity index (χ1) is 8.60. The topological polar surface area (TPSA) is 58.4 Å². The second kappa shape index (κ2) is 6.83. The van der Waals surface area contributed by atoms with Crippen molar-refractivity contribution in [2.75, 3.05) is 30.7 Å². The monoisotopic (exact) mass is 253 g/mol. The van der Waals surface area contributed by atoms with E-state index in [0.717, 1.165) is 0 Å². The lowest BCUT2D eigenvalue weighted by molar-refractivity contribution is -0.130. The van der Waals surface area contributed by atoms with Gasteiger partial charge in [-0.2, -0.15) is 0 Å². The van der Waals surface area contributed by atoms with Crippen molar-refractivity contribution >= 4 is 17.3 Å². The van der Waals surface area contributed by atoms with Gasteiger partial charge >= 0.3 is 0 Å². The van der Waals surface area contributed by atoms with Crippen molar-refractivity contribution in [3.8, 4) is 0 Å². The molecule has 0 aliphatic heterocycles. The third kappa shape index (κ3) is 3.61. The average molecular weight is 253 g/mol. The molecule has 0 bridgehead atoms. The number of amides is 1. The van der Waals surface area contributed by atoms with E-state index in [1.165, 1.54) is 6.07 Å². The summed E-state index contributed by atoms with van der Waals surface area (Å²) in [4.78, 5) is 13.5. The summed E-state index contributed by atoms with van der Waals surface area (Å²) in [6, 6.07) is 4.51. The third-order valence-electron chi connectivity index (χ3n) is 2.80. The third-order valence-corrected chi connectivity index (χ3v) is 2.80. The lowest BCUT2D eigenvalue weighted by Crippen LogP contribution is -2.31. The number of hydrogen-bond acceptors (Lipinski definition) is 3. The van der Waals surface area contributed by atoms with Crippen LogP contribution in [0.4, 0.5) is 15.8 Å². The average Bonchev–Trinajstić information content (AvgIpc) is 2.34. The zero-order valence-corrected chi connectivity index (χ0v) is 10.9. The zero-order valence-electron chi connectivity index (χ0n) is 10.9. The fraction of sp³-hybridized carbons (Fsp3) is 0.462. The summed E-state index contributed by atoms with van der Waals surface area (Å²) in [7, 11) is 0. The van der Waals surface area contributed by atoms with Gasteiger partial charge in [0.05, 0.1) is 11.4 Å². The number of carbonyl (C=O) groups excluding carboxylic acids is 1. The number of nitrogens with two attached hydrogens (primary N) is 1. The smallest absolute Gasteiger partial charge is 0.224 e. The highest BCUT2D eigenvalue weighted by molar-refractivity contribution is 5.77. The van der Waals surface area contributed by atoms with Gasteiger partial charge in [-0.1, -0.05) is 6.07 Å². The maximum absolute atomic E-state index is 13.4. The van der Waals surface area contributed by atoms with Gasteiger partial charge in [0.25, 0.3) is 0 Å². The summed E-state index contributed by atoms with van der Waals surface area (Å²) < 4.78 is 13.4. The molecule has 0 aliphatic carbocycles. The standard InChI is InChI=1S/C13H20FN3O/c1-3-17(4-2)12(18)8-9-16-13-10(14)6-5-7-11(13)15/h5-7,16H,3-4,8-9,15H2,1-2H3. The van der Waals surface area contributed by atoms with Crippen molar-refractivity contribution in [1.82, 2.24) is 4.90 Å². The maximum atomic E-state index is 13.4. The number of halogens is 1. The van der Waals surface area contributed by atoms with Crippen LogP contribution in [-0.4, -0.2) is 30.4 Å². The Morgan fingerprint density at radius 1 is 1.39 bits per heavy atom. The normalized spacial score (nSPS) is 10.2. The second-order valence-electron chi connectivity index (χ2n) is 3.95. The van der Waals surface area contributed by atoms with Crippen molar-refractivity contribution in [2.45, 2.75) is 20.3 Å². The lowest BCUT2D eigenvalue weighted by Gasteiger charge is -2.19. The van der Waals surface area contributed by atoms with Gasteiger partial charge in [-0.15, -0.1) is 0 Å². The number of rotatable bonds is 6. The molecule has 0 unspecified atom stereocenters. The van der Waals surface area contributed by atoms with Crippen molar-refractivity contribution < 1.29 is 9.18 Å². The molecule has 100 valence electrons. The molecule has 5 heteroatoms. The van der Waals surface area contributed by atoms with Gasteiger partial charge < -0.3 is 16.0 Å². The Bertz CT molecular complexity index is 385. The summed E-state index contributed by atoms with van der Waals surface area (Å²) in [5, 5.41) is 2.87. The first-order valence-corrected chi connectivity index (χ1v) is 6.15. The lowest BCUT2D eigenvalue weighted by atomic mass is 10.2. The summed E-state index contributed by atoms with van der Waals surface area (Å²) in [5.41, 5.74) is 6.27. The minimum absolute atomic E-state index is 0.0578. The van der Waals surface area contributed by atoms with Crippen LogP contribution in [0.3, 0.4) is 0 Å². The van der Waals surface area contributed by atoms with Crippen molar-refractivity contribution in [3.63, 3.8) is 0 Å². The molecule has 0 heterocycles. The highest BCUT2D eigenvalue weighted by Crippen LogP contribution is 2.21. The summed E-state index contributed by atoms with van der Waals surface area (Å²) in [6.07, 6.45) is 0.329. The predicted octanol–water partition coefficient (Wildman–Crippen LogP) is 2.08. The first kappa shape index (κ1) is 14.3. The van der Waals surface area contributed by atoms with E-state index >= 15 is 0 Å². The molecular weight excluding hydrogens is 233 g/mol. The van der Waals surface area contributed by atoms with Crippen LogP contribution in [0.1, 0.15) is 20.3 Å². The predicted molar refractivity (Wildman–Crippen MR) is 71.8 cm³/mol. The van der Waals surface area contributed by atoms with Crippen LogP contribution in [-0.2, 0) is 4.79 Å². The molecule has 0 saturated carbocycles. The van der Waals surface area contributed by atoms with Crippen LogP contribution in [0, 0.1) is 5.82 Å². The summed E-state index contributed by atoms with van der Waals surface area (Å²) >= 11 is 0. The van der Waals surface area contributed by atoms with E-state index in [0.29, 0.717) is 31.7 Å². The largest absolute Gasteiger partial charge is 0.397 e. The molecule has 0 aliphatic rings. The quantitative estimate of drug-likeness (QED) is 0.763. The molecule has 0 atom stereocenters. The zero-order chi connectivity index (χ0) is 13.5. The Labute approximate surface area is 107 Å². The van der Waals surface area contributed by atoms with Gasteiger partial charge in [0, 0.05) is 26.1 Å². The summed E-state index contributed by atoms with van der Waals surface area (Å²) in [6.45, 7) is 5.63. The van der Waals surface area contributed by atoms with E-state index in [9.17, 15) is 9.18 Å². The fourth-order valence-corrected chi connectivity index (χ4v) is 1.76. The highest BCUT2D eigenvalue weighted by atomic mass is 19.1. The molecule has 1 amide bonds. The van der Waals surface area contributed by atoms with Gasteiger partial charge in [-0.05, 0) is 26.0 Å². The Hall–Kier alpha value is -1.78. The maximum Gasteiger partial charge on any atom is 0.224 e.